The van der Waals surface area contributed by atoms with Gasteiger partial charge in [0, 0.05) is 6.54 Å². The predicted octanol–water partition coefficient (Wildman–Crippen LogP) is 5.03. The van der Waals surface area contributed by atoms with Crippen molar-refractivity contribution in [2.75, 3.05) is 6.54 Å². The number of rotatable bonds is 6. The summed E-state index contributed by atoms with van der Waals surface area (Å²) >= 11 is 0. The molecule has 0 saturated carbocycles. The van der Waals surface area contributed by atoms with E-state index in [0.717, 1.165) is 19.3 Å². The SMILES string of the molecule is CC(C)(C)[Si](O[C@H]1CCCN(O)[C@@H]1Cc1ccccc1)(c1ccccc1)c1ccccc1. The van der Waals surface area contributed by atoms with Crippen molar-refractivity contribution in [1.29, 1.82) is 0 Å². The van der Waals surface area contributed by atoms with Crippen LogP contribution in [0.2, 0.25) is 5.04 Å². The Morgan fingerprint density at radius 2 is 1.34 bits per heavy atom. The van der Waals surface area contributed by atoms with Crippen LogP contribution in [-0.4, -0.2) is 37.3 Å². The molecule has 4 heteroatoms. The van der Waals surface area contributed by atoms with E-state index in [-0.39, 0.29) is 17.2 Å². The Bertz CT molecular complexity index is 933. The van der Waals surface area contributed by atoms with Gasteiger partial charge in [-0.15, -0.1) is 0 Å². The zero-order valence-corrected chi connectivity index (χ0v) is 20.4. The normalized spacial score (nSPS) is 20.2. The minimum Gasteiger partial charge on any atom is -0.403 e. The van der Waals surface area contributed by atoms with E-state index in [1.165, 1.54) is 21.0 Å². The van der Waals surface area contributed by atoms with Crippen molar-refractivity contribution in [3.8, 4) is 0 Å². The highest BCUT2D eigenvalue weighted by molar-refractivity contribution is 6.99. The molecule has 0 spiro atoms. The summed E-state index contributed by atoms with van der Waals surface area (Å²) in [6.45, 7) is 7.62. The van der Waals surface area contributed by atoms with Gasteiger partial charge in [-0.1, -0.05) is 112 Å². The minimum absolute atomic E-state index is 0.0414. The molecule has 1 saturated heterocycles. The molecule has 2 atom stereocenters. The lowest BCUT2D eigenvalue weighted by molar-refractivity contribution is -0.170. The summed E-state index contributed by atoms with van der Waals surface area (Å²) in [7, 11) is -2.66. The quantitative estimate of drug-likeness (QED) is 0.540. The van der Waals surface area contributed by atoms with Crippen molar-refractivity contribution >= 4 is 18.7 Å². The number of piperidine rings is 1. The highest BCUT2D eigenvalue weighted by Gasteiger charge is 2.52. The number of hydroxylamine groups is 2. The first-order chi connectivity index (χ1) is 15.4. The van der Waals surface area contributed by atoms with Gasteiger partial charge in [0.2, 0.25) is 0 Å². The Kier molecular flexibility index (Phi) is 6.96. The highest BCUT2D eigenvalue weighted by Crippen LogP contribution is 2.39. The molecule has 1 N–H and O–H groups in total. The average Bonchev–Trinajstić information content (AvgIpc) is 2.80. The second-order valence-electron chi connectivity index (χ2n) is 9.88. The molecule has 1 aliphatic rings. The van der Waals surface area contributed by atoms with Gasteiger partial charge in [-0.25, -0.2) is 0 Å². The van der Waals surface area contributed by atoms with Crippen LogP contribution in [0.15, 0.2) is 91.0 Å². The number of hydrogen-bond donors (Lipinski definition) is 1. The van der Waals surface area contributed by atoms with Crippen LogP contribution in [0, 0.1) is 0 Å². The monoisotopic (exact) mass is 445 g/mol. The van der Waals surface area contributed by atoms with Crippen LogP contribution in [0.1, 0.15) is 39.2 Å². The molecule has 0 aromatic heterocycles. The number of hydrogen-bond acceptors (Lipinski definition) is 3. The Hall–Kier alpha value is -2.24. The van der Waals surface area contributed by atoms with Crippen LogP contribution in [0.4, 0.5) is 0 Å². The van der Waals surface area contributed by atoms with Crippen molar-refractivity contribution in [2.24, 2.45) is 0 Å². The maximum absolute atomic E-state index is 10.9. The van der Waals surface area contributed by atoms with Gasteiger partial charge in [-0.3, -0.25) is 0 Å². The standard InChI is InChI=1S/C28H35NO2Si/c1-28(2,3)32(24-16-9-5-10-17-24,25-18-11-6-12-19-25)31-27-20-13-21-29(30)26(27)22-23-14-7-4-8-15-23/h4-12,14-19,26-27,30H,13,20-22H2,1-3H3/t26-,27+/m1/s1. The third-order valence-corrected chi connectivity index (χ3v) is 11.8. The fourth-order valence-corrected chi connectivity index (χ4v) is 9.90. The molecule has 4 rings (SSSR count). The Morgan fingerprint density at radius 1 is 0.844 bits per heavy atom. The maximum atomic E-state index is 10.9. The van der Waals surface area contributed by atoms with E-state index in [1.807, 2.05) is 6.07 Å². The average molecular weight is 446 g/mol. The van der Waals surface area contributed by atoms with E-state index in [2.05, 4.69) is 106 Å². The number of nitrogens with zero attached hydrogens (tertiary/aromatic N) is 1. The zero-order valence-electron chi connectivity index (χ0n) is 19.4. The van der Waals surface area contributed by atoms with Crippen molar-refractivity contribution in [3.05, 3.63) is 96.6 Å². The summed E-state index contributed by atoms with van der Waals surface area (Å²) in [6.07, 6.45) is 2.63. The van der Waals surface area contributed by atoms with E-state index < -0.39 is 8.32 Å². The molecule has 0 radical (unpaired) electrons. The van der Waals surface area contributed by atoms with Gasteiger partial charge in [-0.05, 0) is 40.2 Å². The van der Waals surface area contributed by atoms with Crippen molar-refractivity contribution in [1.82, 2.24) is 5.06 Å². The van der Waals surface area contributed by atoms with Gasteiger partial charge >= 0.3 is 0 Å². The summed E-state index contributed by atoms with van der Waals surface area (Å²) in [6, 6.07) is 32.0. The lowest BCUT2D eigenvalue weighted by atomic mass is 9.95. The third-order valence-electron chi connectivity index (χ3n) is 6.72. The van der Waals surface area contributed by atoms with Crippen molar-refractivity contribution in [3.63, 3.8) is 0 Å². The van der Waals surface area contributed by atoms with Gasteiger partial charge in [0.05, 0.1) is 12.1 Å². The van der Waals surface area contributed by atoms with Crippen LogP contribution >= 0.6 is 0 Å². The van der Waals surface area contributed by atoms with E-state index >= 15 is 0 Å². The highest BCUT2D eigenvalue weighted by atomic mass is 28.4. The van der Waals surface area contributed by atoms with Crippen LogP contribution in [0.25, 0.3) is 0 Å². The van der Waals surface area contributed by atoms with Crippen LogP contribution in [0.5, 0.6) is 0 Å². The van der Waals surface area contributed by atoms with Gasteiger partial charge in [-0.2, -0.15) is 5.06 Å². The second kappa shape index (κ2) is 9.71. The first-order valence-electron chi connectivity index (χ1n) is 11.7. The van der Waals surface area contributed by atoms with Gasteiger partial charge in [0.1, 0.15) is 0 Å². The van der Waals surface area contributed by atoms with Crippen molar-refractivity contribution < 1.29 is 9.63 Å². The fourth-order valence-electron chi connectivity index (χ4n) is 5.15. The van der Waals surface area contributed by atoms with Crippen LogP contribution < -0.4 is 10.4 Å². The molecule has 1 aliphatic heterocycles. The molecule has 0 aliphatic carbocycles. The molecule has 1 fully saturated rings. The Labute approximate surface area is 193 Å². The van der Waals surface area contributed by atoms with Gasteiger partial charge < -0.3 is 9.63 Å². The lowest BCUT2D eigenvalue weighted by Crippen LogP contribution is -2.69. The largest absolute Gasteiger partial charge is 0.403 e. The van der Waals surface area contributed by atoms with Crippen LogP contribution in [0.3, 0.4) is 0 Å². The van der Waals surface area contributed by atoms with E-state index in [0.29, 0.717) is 6.54 Å². The molecule has 0 bridgehead atoms. The molecule has 3 aromatic rings. The van der Waals surface area contributed by atoms with Crippen LogP contribution in [-0.2, 0) is 10.8 Å². The Balaban J connectivity index is 1.79. The van der Waals surface area contributed by atoms with Crippen molar-refractivity contribution in [2.45, 2.75) is 57.2 Å². The lowest BCUT2D eigenvalue weighted by Gasteiger charge is -2.48. The second-order valence-corrected chi connectivity index (χ2v) is 14.1. The summed E-state index contributed by atoms with van der Waals surface area (Å²) in [5, 5.41) is 14.9. The van der Waals surface area contributed by atoms with E-state index in [9.17, 15) is 5.21 Å². The zero-order chi connectivity index (χ0) is 22.6. The number of benzene rings is 3. The fraction of sp³-hybridized carbons (Fsp3) is 0.357. The van der Waals surface area contributed by atoms with E-state index in [1.54, 1.807) is 0 Å². The third kappa shape index (κ3) is 4.60. The molecular formula is C28H35NO2Si. The summed E-state index contributed by atoms with van der Waals surface area (Å²) < 4.78 is 7.41. The first kappa shape index (κ1) is 22.9. The summed E-state index contributed by atoms with van der Waals surface area (Å²) in [5.41, 5.74) is 1.23. The Morgan fingerprint density at radius 3 is 1.84 bits per heavy atom. The first-order valence-corrected chi connectivity index (χ1v) is 13.6. The molecular weight excluding hydrogens is 410 g/mol. The molecule has 0 amide bonds. The molecule has 32 heavy (non-hydrogen) atoms. The molecule has 0 unspecified atom stereocenters. The summed E-state index contributed by atoms with van der Waals surface area (Å²) in [5.74, 6) is 0. The van der Waals surface area contributed by atoms with E-state index in [4.69, 9.17) is 4.43 Å². The molecule has 3 nitrogen and oxygen atoms in total. The maximum Gasteiger partial charge on any atom is 0.261 e. The molecule has 1 heterocycles. The van der Waals surface area contributed by atoms with Gasteiger partial charge in [0.15, 0.2) is 0 Å². The predicted molar refractivity (Wildman–Crippen MR) is 134 cm³/mol. The molecule has 168 valence electrons. The smallest absolute Gasteiger partial charge is 0.261 e. The van der Waals surface area contributed by atoms with Gasteiger partial charge in [0.25, 0.3) is 8.32 Å². The topological polar surface area (TPSA) is 32.7 Å². The minimum atomic E-state index is -2.66. The summed E-state index contributed by atoms with van der Waals surface area (Å²) in [4.78, 5) is 0. The molecule has 3 aromatic carbocycles.